The van der Waals surface area contributed by atoms with Crippen LogP contribution in [0.25, 0.3) is 0 Å². The molecule has 0 aliphatic heterocycles. The van der Waals surface area contributed by atoms with Gasteiger partial charge in [0.05, 0.1) is 11.1 Å². The van der Waals surface area contributed by atoms with E-state index in [0.29, 0.717) is 24.3 Å². The molecule has 0 radical (unpaired) electrons. The van der Waals surface area contributed by atoms with Gasteiger partial charge >= 0.3 is 0 Å². The first kappa shape index (κ1) is 13.7. The number of aliphatic hydroxyl groups excluding tert-OH is 1. The zero-order valence-corrected chi connectivity index (χ0v) is 10.7. The highest BCUT2D eigenvalue weighted by atomic mass is 35.5. The van der Waals surface area contributed by atoms with Gasteiger partial charge in [-0.05, 0) is 30.4 Å². The first-order chi connectivity index (χ1) is 8.48. The van der Waals surface area contributed by atoms with E-state index < -0.39 is 12.0 Å². The number of alkyl halides is 2. The highest BCUT2D eigenvalue weighted by Crippen LogP contribution is 2.38. The molecular formula is C13H16ClF2NO. The second-order valence-corrected chi connectivity index (χ2v) is 5.36. The molecule has 1 fully saturated rings. The standard InChI is InChI=1S/C13H16ClF2NO/c14-11-8-17-5-3-9(11)6-12(18)10-2-1-4-13(15,16)7-10/h3,5,8,10,12,18H,1-2,4,6-7H2. The summed E-state index contributed by atoms with van der Waals surface area (Å²) < 4.78 is 26.6. The van der Waals surface area contributed by atoms with Crippen molar-refractivity contribution < 1.29 is 13.9 Å². The number of nitrogens with zero attached hydrogens (tertiary/aromatic N) is 1. The van der Waals surface area contributed by atoms with Crippen LogP contribution in [0.4, 0.5) is 8.78 Å². The molecule has 18 heavy (non-hydrogen) atoms. The summed E-state index contributed by atoms with van der Waals surface area (Å²) in [5, 5.41) is 10.5. The maximum Gasteiger partial charge on any atom is 0.248 e. The Bertz CT molecular complexity index is 414. The lowest BCUT2D eigenvalue weighted by Crippen LogP contribution is -2.34. The summed E-state index contributed by atoms with van der Waals surface area (Å²) in [6.07, 6.45) is 3.46. The van der Waals surface area contributed by atoms with Crippen molar-refractivity contribution in [1.29, 1.82) is 0 Å². The molecule has 1 aliphatic carbocycles. The molecule has 2 rings (SSSR count). The quantitative estimate of drug-likeness (QED) is 0.916. The van der Waals surface area contributed by atoms with Gasteiger partial charge in [-0.3, -0.25) is 4.98 Å². The van der Waals surface area contributed by atoms with E-state index in [9.17, 15) is 13.9 Å². The van der Waals surface area contributed by atoms with E-state index >= 15 is 0 Å². The second kappa shape index (κ2) is 5.49. The molecule has 1 aromatic heterocycles. The van der Waals surface area contributed by atoms with Gasteiger partial charge in [-0.15, -0.1) is 0 Å². The van der Waals surface area contributed by atoms with Crippen LogP contribution in [0.5, 0.6) is 0 Å². The molecule has 2 atom stereocenters. The molecule has 5 heteroatoms. The van der Waals surface area contributed by atoms with Crippen molar-refractivity contribution in [3.63, 3.8) is 0 Å². The highest BCUT2D eigenvalue weighted by Gasteiger charge is 2.38. The molecule has 1 heterocycles. The normalized spacial score (nSPS) is 24.8. The van der Waals surface area contributed by atoms with Gasteiger partial charge in [0.2, 0.25) is 5.92 Å². The third-order valence-electron chi connectivity index (χ3n) is 3.51. The number of aromatic nitrogens is 1. The van der Waals surface area contributed by atoms with E-state index in [1.165, 1.54) is 6.20 Å². The van der Waals surface area contributed by atoms with Crippen molar-refractivity contribution in [2.24, 2.45) is 5.92 Å². The molecule has 1 aromatic rings. The lowest BCUT2D eigenvalue weighted by molar-refractivity contribution is -0.0751. The van der Waals surface area contributed by atoms with Crippen LogP contribution in [0.15, 0.2) is 18.5 Å². The van der Waals surface area contributed by atoms with Crippen LogP contribution in [-0.4, -0.2) is 22.1 Å². The van der Waals surface area contributed by atoms with E-state index in [1.807, 2.05) is 0 Å². The van der Waals surface area contributed by atoms with E-state index in [1.54, 1.807) is 12.3 Å². The summed E-state index contributed by atoms with van der Waals surface area (Å²) >= 11 is 5.94. The molecule has 100 valence electrons. The van der Waals surface area contributed by atoms with Crippen molar-refractivity contribution in [3.8, 4) is 0 Å². The lowest BCUT2D eigenvalue weighted by Gasteiger charge is -2.32. The van der Waals surface area contributed by atoms with Gasteiger partial charge in [0.15, 0.2) is 0 Å². The van der Waals surface area contributed by atoms with Crippen molar-refractivity contribution in [1.82, 2.24) is 4.98 Å². The SMILES string of the molecule is OC(Cc1ccncc1Cl)C1CCCC(F)(F)C1. The first-order valence-corrected chi connectivity index (χ1v) is 6.50. The fourth-order valence-electron chi connectivity index (χ4n) is 2.50. The van der Waals surface area contributed by atoms with Gasteiger partial charge < -0.3 is 5.11 Å². The Labute approximate surface area is 110 Å². The lowest BCUT2D eigenvalue weighted by atomic mass is 9.81. The minimum atomic E-state index is -2.63. The molecular weight excluding hydrogens is 260 g/mol. The molecule has 0 saturated heterocycles. The Kier molecular flexibility index (Phi) is 4.17. The van der Waals surface area contributed by atoms with Crippen molar-refractivity contribution in [3.05, 3.63) is 29.0 Å². The predicted octanol–water partition coefficient (Wildman–Crippen LogP) is 3.46. The number of rotatable bonds is 3. The zero-order valence-electron chi connectivity index (χ0n) is 9.95. The Morgan fingerprint density at radius 3 is 3.00 bits per heavy atom. The Morgan fingerprint density at radius 2 is 2.33 bits per heavy atom. The van der Waals surface area contributed by atoms with Crippen molar-refractivity contribution >= 4 is 11.6 Å². The first-order valence-electron chi connectivity index (χ1n) is 6.12. The number of hydrogen-bond donors (Lipinski definition) is 1. The fraction of sp³-hybridized carbons (Fsp3) is 0.615. The third-order valence-corrected chi connectivity index (χ3v) is 3.85. The third kappa shape index (κ3) is 3.39. The maximum atomic E-state index is 13.3. The molecule has 1 N–H and O–H groups in total. The van der Waals surface area contributed by atoms with Gasteiger partial charge in [-0.1, -0.05) is 11.6 Å². The number of halogens is 3. The molecule has 2 nitrogen and oxygen atoms in total. The largest absolute Gasteiger partial charge is 0.392 e. The highest BCUT2D eigenvalue weighted by molar-refractivity contribution is 6.31. The van der Waals surface area contributed by atoms with Crippen LogP contribution in [0, 0.1) is 5.92 Å². The molecule has 0 amide bonds. The van der Waals surface area contributed by atoms with Crippen LogP contribution >= 0.6 is 11.6 Å². The van der Waals surface area contributed by atoms with Gasteiger partial charge in [0.1, 0.15) is 0 Å². The smallest absolute Gasteiger partial charge is 0.248 e. The zero-order chi connectivity index (χ0) is 13.2. The van der Waals surface area contributed by atoms with Crippen LogP contribution in [0.1, 0.15) is 31.2 Å². The molecule has 0 spiro atoms. The van der Waals surface area contributed by atoms with Crippen LogP contribution < -0.4 is 0 Å². The molecule has 1 aliphatic rings. The Hall–Kier alpha value is -0.740. The summed E-state index contributed by atoms with van der Waals surface area (Å²) in [7, 11) is 0. The van der Waals surface area contributed by atoms with E-state index in [0.717, 1.165) is 5.56 Å². The summed E-state index contributed by atoms with van der Waals surface area (Å²) in [4.78, 5) is 3.85. The molecule has 0 aromatic carbocycles. The summed E-state index contributed by atoms with van der Waals surface area (Å²) in [6.45, 7) is 0. The van der Waals surface area contributed by atoms with Crippen LogP contribution in [-0.2, 0) is 6.42 Å². The topological polar surface area (TPSA) is 33.1 Å². The van der Waals surface area contributed by atoms with Crippen molar-refractivity contribution in [2.75, 3.05) is 0 Å². The summed E-state index contributed by atoms with van der Waals surface area (Å²) in [5.74, 6) is -2.98. The monoisotopic (exact) mass is 275 g/mol. The minimum absolute atomic E-state index is 0.0633. The molecule has 0 bridgehead atoms. The van der Waals surface area contributed by atoms with Crippen molar-refractivity contribution in [2.45, 2.75) is 44.1 Å². The van der Waals surface area contributed by atoms with E-state index in [2.05, 4.69) is 4.98 Å². The Balaban J connectivity index is 2.00. The van der Waals surface area contributed by atoms with Gasteiger partial charge in [-0.25, -0.2) is 8.78 Å². The van der Waals surface area contributed by atoms with Gasteiger partial charge in [0.25, 0.3) is 0 Å². The summed E-state index contributed by atoms with van der Waals surface area (Å²) in [5.41, 5.74) is 0.757. The number of pyridine rings is 1. The number of hydrogen-bond acceptors (Lipinski definition) is 2. The number of aliphatic hydroxyl groups is 1. The van der Waals surface area contributed by atoms with Crippen LogP contribution in [0.3, 0.4) is 0 Å². The fourth-order valence-corrected chi connectivity index (χ4v) is 2.70. The van der Waals surface area contributed by atoms with Gasteiger partial charge in [0, 0.05) is 31.7 Å². The molecule has 2 unspecified atom stereocenters. The predicted molar refractivity (Wildman–Crippen MR) is 65.9 cm³/mol. The van der Waals surface area contributed by atoms with E-state index in [4.69, 9.17) is 11.6 Å². The summed E-state index contributed by atoms with van der Waals surface area (Å²) in [6, 6.07) is 1.71. The molecule has 1 saturated carbocycles. The van der Waals surface area contributed by atoms with Crippen LogP contribution in [0.2, 0.25) is 5.02 Å². The second-order valence-electron chi connectivity index (χ2n) is 4.95. The Morgan fingerprint density at radius 1 is 1.56 bits per heavy atom. The maximum absolute atomic E-state index is 13.3. The van der Waals surface area contributed by atoms with E-state index in [-0.39, 0.29) is 18.8 Å². The average Bonchev–Trinajstić information content (AvgIpc) is 2.31. The minimum Gasteiger partial charge on any atom is -0.392 e. The average molecular weight is 276 g/mol. The van der Waals surface area contributed by atoms with Gasteiger partial charge in [-0.2, -0.15) is 0 Å².